The van der Waals surface area contributed by atoms with Gasteiger partial charge in [0, 0.05) is 9.35 Å². The van der Waals surface area contributed by atoms with E-state index in [-0.39, 0.29) is 5.75 Å². The number of nitrogens with one attached hydrogen (secondary N) is 1. The number of halogens is 4. The van der Waals surface area contributed by atoms with Gasteiger partial charge in [-0.15, -0.1) is 24.5 Å². The second-order valence-corrected chi connectivity index (χ2v) is 5.44. The van der Waals surface area contributed by atoms with Crippen LogP contribution in [0.1, 0.15) is 4.88 Å². The van der Waals surface area contributed by atoms with E-state index in [0.29, 0.717) is 12.2 Å². The minimum absolute atomic E-state index is 0.234. The molecule has 0 aliphatic rings. The maximum Gasteiger partial charge on any atom is 0.573 e. The SMILES string of the molecule is FC(F)(F)Oc1ccccc1NCc1sccc1Br. The third-order valence-corrected chi connectivity index (χ3v) is 4.17. The first-order chi connectivity index (χ1) is 8.96. The zero-order chi connectivity index (χ0) is 13.9. The fraction of sp³-hybridized carbons (Fsp3) is 0.167. The molecule has 0 aliphatic heterocycles. The lowest BCUT2D eigenvalue weighted by atomic mass is 10.3. The van der Waals surface area contributed by atoms with Crippen molar-refractivity contribution in [3.05, 3.63) is 45.1 Å². The van der Waals surface area contributed by atoms with E-state index in [4.69, 9.17) is 0 Å². The Hall–Kier alpha value is -1.21. The first-order valence-corrected chi connectivity index (χ1v) is 6.93. The van der Waals surface area contributed by atoms with E-state index < -0.39 is 6.36 Å². The number of hydrogen-bond donors (Lipinski definition) is 1. The van der Waals surface area contributed by atoms with Crippen molar-refractivity contribution in [2.45, 2.75) is 12.9 Å². The summed E-state index contributed by atoms with van der Waals surface area (Å²) in [6, 6.07) is 7.85. The summed E-state index contributed by atoms with van der Waals surface area (Å²) < 4.78 is 41.6. The van der Waals surface area contributed by atoms with Gasteiger partial charge in [0.25, 0.3) is 0 Å². The monoisotopic (exact) mass is 351 g/mol. The number of rotatable bonds is 4. The number of benzene rings is 1. The number of anilines is 1. The molecule has 19 heavy (non-hydrogen) atoms. The van der Waals surface area contributed by atoms with Crippen LogP contribution in [-0.2, 0) is 6.54 Å². The minimum Gasteiger partial charge on any atom is -0.404 e. The van der Waals surface area contributed by atoms with Crippen molar-refractivity contribution in [3.8, 4) is 5.75 Å². The van der Waals surface area contributed by atoms with Crippen LogP contribution in [0.3, 0.4) is 0 Å². The lowest BCUT2D eigenvalue weighted by Gasteiger charge is -2.14. The summed E-state index contributed by atoms with van der Waals surface area (Å²) in [4.78, 5) is 1.00. The largest absolute Gasteiger partial charge is 0.573 e. The van der Waals surface area contributed by atoms with Gasteiger partial charge in [-0.2, -0.15) is 0 Å². The van der Waals surface area contributed by atoms with Crippen molar-refractivity contribution in [2.75, 3.05) is 5.32 Å². The van der Waals surface area contributed by atoms with Crippen molar-refractivity contribution in [1.29, 1.82) is 0 Å². The van der Waals surface area contributed by atoms with Crippen molar-refractivity contribution in [2.24, 2.45) is 0 Å². The third-order valence-electron chi connectivity index (χ3n) is 2.24. The van der Waals surface area contributed by atoms with Crippen LogP contribution in [0.4, 0.5) is 18.9 Å². The number of alkyl halides is 3. The molecule has 0 unspecified atom stereocenters. The highest BCUT2D eigenvalue weighted by atomic mass is 79.9. The van der Waals surface area contributed by atoms with Crippen molar-refractivity contribution >= 4 is 33.0 Å². The molecule has 0 fully saturated rings. The number of para-hydroxylation sites is 2. The van der Waals surface area contributed by atoms with Crippen molar-refractivity contribution < 1.29 is 17.9 Å². The normalized spacial score (nSPS) is 11.4. The smallest absolute Gasteiger partial charge is 0.404 e. The molecule has 0 aliphatic carbocycles. The molecule has 7 heteroatoms. The molecular weight excluding hydrogens is 343 g/mol. The Bertz CT molecular complexity index is 556. The first kappa shape index (κ1) is 14.2. The van der Waals surface area contributed by atoms with Gasteiger partial charge in [0.1, 0.15) is 0 Å². The van der Waals surface area contributed by atoms with Crippen LogP contribution in [0.2, 0.25) is 0 Å². The average molecular weight is 352 g/mol. The summed E-state index contributed by atoms with van der Waals surface area (Å²) in [5, 5.41) is 4.84. The highest BCUT2D eigenvalue weighted by Crippen LogP contribution is 2.31. The molecule has 2 rings (SSSR count). The Kier molecular flexibility index (Phi) is 4.36. The van der Waals surface area contributed by atoms with Crippen LogP contribution in [-0.4, -0.2) is 6.36 Å². The van der Waals surface area contributed by atoms with E-state index in [1.165, 1.54) is 23.5 Å². The van der Waals surface area contributed by atoms with E-state index in [0.717, 1.165) is 9.35 Å². The number of thiophene rings is 1. The molecule has 0 amide bonds. The first-order valence-electron chi connectivity index (χ1n) is 5.26. The Balaban J connectivity index is 2.10. The van der Waals surface area contributed by atoms with E-state index >= 15 is 0 Å². The fourth-order valence-electron chi connectivity index (χ4n) is 1.45. The Morgan fingerprint density at radius 3 is 2.58 bits per heavy atom. The Morgan fingerprint density at radius 1 is 1.21 bits per heavy atom. The van der Waals surface area contributed by atoms with E-state index in [9.17, 15) is 13.2 Å². The summed E-state index contributed by atoms with van der Waals surface area (Å²) in [5.74, 6) is -0.234. The van der Waals surface area contributed by atoms with E-state index in [2.05, 4.69) is 26.0 Å². The van der Waals surface area contributed by atoms with Crippen LogP contribution >= 0.6 is 27.3 Å². The van der Waals surface area contributed by atoms with Gasteiger partial charge in [-0.1, -0.05) is 12.1 Å². The average Bonchev–Trinajstić information content (AvgIpc) is 2.72. The number of hydrogen-bond acceptors (Lipinski definition) is 3. The maximum absolute atomic E-state index is 12.2. The van der Waals surface area contributed by atoms with Gasteiger partial charge in [0.05, 0.1) is 12.2 Å². The van der Waals surface area contributed by atoms with Crippen molar-refractivity contribution in [1.82, 2.24) is 0 Å². The highest BCUT2D eigenvalue weighted by molar-refractivity contribution is 9.10. The molecule has 0 saturated heterocycles. The predicted octanol–water partition coefficient (Wildman–Crippen LogP) is 5.02. The van der Waals surface area contributed by atoms with E-state index in [1.54, 1.807) is 12.1 Å². The van der Waals surface area contributed by atoms with Gasteiger partial charge in [-0.05, 0) is 39.5 Å². The van der Waals surface area contributed by atoms with Gasteiger partial charge >= 0.3 is 6.36 Å². The molecule has 2 nitrogen and oxygen atoms in total. The second kappa shape index (κ2) is 5.83. The Morgan fingerprint density at radius 2 is 1.95 bits per heavy atom. The molecule has 2 aromatic rings. The zero-order valence-electron chi connectivity index (χ0n) is 9.50. The van der Waals surface area contributed by atoms with Gasteiger partial charge < -0.3 is 10.1 Å². The van der Waals surface area contributed by atoms with Crippen LogP contribution in [0.5, 0.6) is 5.75 Å². The lowest BCUT2D eigenvalue weighted by molar-refractivity contribution is -0.274. The molecular formula is C12H9BrF3NOS. The third kappa shape index (κ3) is 4.14. The fourth-order valence-corrected chi connectivity index (χ4v) is 2.89. The molecule has 0 radical (unpaired) electrons. The second-order valence-electron chi connectivity index (χ2n) is 3.59. The zero-order valence-corrected chi connectivity index (χ0v) is 11.9. The molecule has 0 bridgehead atoms. The van der Waals surface area contributed by atoms with Crippen LogP contribution < -0.4 is 10.1 Å². The molecule has 0 spiro atoms. The topological polar surface area (TPSA) is 21.3 Å². The summed E-state index contributed by atoms with van der Waals surface area (Å²) >= 11 is 4.88. The minimum atomic E-state index is -4.69. The highest BCUT2D eigenvalue weighted by Gasteiger charge is 2.32. The molecule has 1 heterocycles. The molecule has 1 N–H and O–H groups in total. The molecule has 0 saturated carbocycles. The van der Waals surface area contributed by atoms with E-state index in [1.807, 2.05) is 11.4 Å². The van der Waals surface area contributed by atoms with Gasteiger partial charge in [0.15, 0.2) is 5.75 Å². The standard InChI is InChI=1S/C12H9BrF3NOS/c13-8-5-6-19-11(8)7-17-9-3-1-2-4-10(9)18-12(14,15)16/h1-6,17H,7H2. The maximum atomic E-state index is 12.2. The van der Waals surface area contributed by atoms with Gasteiger partial charge in [0.2, 0.25) is 0 Å². The molecule has 1 aromatic heterocycles. The molecule has 102 valence electrons. The molecule has 1 aromatic carbocycles. The predicted molar refractivity (Wildman–Crippen MR) is 72.5 cm³/mol. The number of ether oxygens (including phenoxy) is 1. The lowest BCUT2D eigenvalue weighted by Crippen LogP contribution is -2.18. The summed E-state index contributed by atoms with van der Waals surface area (Å²) in [6.07, 6.45) is -4.69. The van der Waals surface area contributed by atoms with Gasteiger partial charge in [-0.25, -0.2) is 0 Å². The summed E-state index contributed by atoms with van der Waals surface area (Å²) in [6.45, 7) is 0.427. The summed E-state index contributed by atoms with van der Waals surface area (Å²) in [5.41, 5.74) is 0.306. The quantitative estimate of drug-likeness (QED) is 0.834. The van der Waals surface area contributed by atoms with Crippen LogP contribution in [0, 0.1) is 0 Å². The Labute approximate surface area is 120 Å². The van der Waals surface area contributed by atoms with Crippen LogP contribution in [0.25, 0.3) is 0 Å². The van der Waals surface area contributed by atoms with Gasteiger partial charge in [-0.3, -0.25) is 0 Å². The summed E-state index contributed by atoms with van der Waals surface area (Å²) in [7, 11) is 0. The van der Waals surface area contributed by atoms with Crippen molar-refractivity contribution in [3.63, 3.8) is 0 Å². The molecule has 0 atom stereocenters. The van der Waals surface area contributed by atoms with Crippen LogP contribution in [0.15, 0.2) is 40.2 Å².